The van der Waals surface area contributed by atoms with Gasteiger partial charge in [0.1, 0.15) is 6.17 Å². The van der Waals surface area contributed by atoms with E-state index in [0.29, 0.717) is 11.8 Å². The third-order valence-corrected chi connectivity index (χ3v) is 7.79. The predicted octanol–water partition coefficient (Wildman–Crippen LogP) is 5.42. The molecule has 2 aromatic rings. The molecule has 2 aliphatic rings. The molecule has 5 nitrogen and oxygen atoms in total. The van der Waals surface area contributed by atoms with Crippen molar-refractivity contribution in [1.29, 1.82) is 0 Å². The third-order valence-electron chi connectivity index (χ3n) is 7.79. The third kappa shape index (κ3) is 4.56. The van der Waals surface area contributed by atoms with Gasteiger partial charge >= 0.3 is 5.97 Å². The fourth-order valence-electron chi connectivity index (χ4n) is 5.69. The van der Waals surface area contributed by atoms with E-state index in [1.165, 1.54) is 19.1 Å². The van der Waals surface area contributed by atoms with Gasteiger partial charge in [-0.25, -0.2) is 0 Å². The number of fused-ring (bicyclic) bond motifs is 1. The van der Waals surface area contributed by atoms with Crippen LogP contribution in [0.2, 0.25) is 0 Å². The number of rotatable bonds is 7. The molecule has 0 saturated heterocycles. The van der Waals surface area contributed by atoms with Crippen LogP contribution in [0.3, 0.4) is 0 Å². The van der Waals surface area contributed by atoms with Crippen LogP contribution in [-0.2, 0) is 16.0 Å². The van der Waals surface area contributed by atoms with E-state index < -0.39 is 0 Å². The highest BCUT2D eigenvalue weighted by Crippen LogP contribution is 2.42. The molecule has 1 saturated carbocycles. The summed E-state index contributed by atoms with van der Waals surface area (Å²) in [6.45, 7) is 6.70. The molecule has 1 aliphatic heterocycles. The number of carbonyl (C=O) groups is 2. The quantitative estimate of drug-likeness (QED) is 0.575. The zero-order chi connectivity index (χ0) is 23.5. The van der Waals surface area contributed by atoms with Crippen molar-refractivity contribution in [3.05, 3.63) is 70.8 Å². The van der Waals surface area contributed by atoms with Gasteiger partial charge in [-0.05, 0) is 41.9 Å². The first-order valence-electron chi connectivity index (χ1n) is 12.3. The lowest BCUT2D eigenvalue weighted by Gasteiger charge is -2.43. The van der Waals surface area contributed by atoms with E-state index in [9.17, 15) is 9.59 Å². The van der Waals surface area contributed by atoms with E-state index in [-0.39, 0.29) is 36.5 Å². The number of hydrogen-bond acceptors (Lipinski definition) is 4. The lowest BCUT2D eigenvalue weighted by Crippen LogP contribution is -2.50. The number of nitrogens with zero attached hydrogens (tertiary/aromatic N) is 1. The van der Waals surface area contributed by atoms with Crippen molar-refractivity contribution in [3.63, 3.8) is 0 Å². The first-order valence-corrected chi connectivity index (χ1v) is 12.3. The number of aryl methyl sites for hydroxylation is 1. The number of hydrogen-bond donors (Lipinski definition) is 1. The molecule has 33 heavy (non-hydrogen) atoms. The molecular formula is C28H36N2O3. The van der Waals surface area contributed by atoms with Gasteiger partial charge in [-0.2, -0.15) is 0 Å². The molecule has 5 heteroatoms. The van der Waals surface area contributed by atoms with Crippen LogP contribution in [0.4, 0.5) is 0 Å². The minimum absolute atomic E-state index is 0.0923. The molecule has 5 atom stereocenters. The fourth-order valence-corrected chi connectivity index (χ4v) is 5.69. The zero-order valence-corrected chi connectivity index (χ0v) is 20.2. The Morgan fingerprint density at radius 3 is 2.61 bits per heavy atom. The number of nitrogens with one attached hydrogen (secondary N) is 1. The Morgan fingerprint density at radius 2 is 1.85 bits per heavy atom. The summed E-state index contributed by atoms with van der Waals surface area (Å²) >= 11 is 0. The van der Waals surface area contributed by atoms with Crippen molar-refractivity contribution >= 4 is 11.9 Å². The number of methoxy groups -OCH3 is 1. The Balaban J connectivity index is 1.74. The average Bonchev–Trinajstić information content (AvgIpc) is 3.11. The Labute approximate surface area is 197 Å². The molecule has 1 N–H and O–H groups in total. The largest absolute Gasteiger partial charge is 0.469 e. The molecule has 0 radical (unpaired) electrons. The fraction of sp³-hybridized carbons (Fsp3) is 0.500. The van der Waals surface area contributed by atoms with Crippen molar-refractivity contribution in [2.24, 2.45) is 11.8 Å². The van der Waals surface area contributed by atoms with Crippen LogP contribution in [0.5, 0.6) is 0 Å². The molecule has 1 aliphatic carbocycles. The SMILES string of the molecule is CCc1ccccc1C(CC(=O)OC)NC1c2ccccc2C(=O)N1C1CCCC(C)C1C. The van der Waals surface area contributed by atoms with Gasteiger partial charge in [0.15, 0.2) is 0 Å². The zero-order valence-electron chi connectivity index (χ0n) is 20.2. The Morgan fingerprint density at radius 1 is 1.12 bits per heavy atom. The highest BCUT2D eigenvalue weighted by atomic mass is 16.5. The molecule has 1 amide bonds. The lowest BCUT2D eigenvalue weighted by atomic mass is 9.77. The maximum Gasteiger partial charge on any atom is 0.307 e. The summed E-state index contributed by atoms with van der Waals surface area (Å²) in [7, 11) is 1.43. The minimum Gasteiger partial charge on any atom is -0.469 e. The van der Waals surface area contributed by atoms with Crippen molar-refractivity contribution in [3.8, 4) is 0 Å². The number of carbonyl (C=O) groups excluding carboxylic acids is 2. The molecule has 1 heterocycles. The highest BCUT2D eigenvalue weighted by Gasteiger charge is 2.45. The van der Waals surface area contributed by atoms with Gasteiger partial charge in [-0.1, -0.05) is 76.1 Å². The van der Waals surface area contributed by atoms with E-state index in [0.717, 1.165) is 36.0 Å². The summed E-state index contributed by atoms with van der Waals surface area (Å²) in [5.74, 6) is 0.827. The number of benzene rings is 2. The van der Waals surface area contributed by atoms with Crippen molar-refractivity contribution in [2.75, 3.05) is 7.11 Å². The molecule has 0 bridgehead atoms. The van der Waals surface area contributed by atoms with E-state index in [1.807, 2.05) is 36.4 Å². The smallest absolute Gasteiger partial charge is 0.307 e. The lowest BCUT2D eigenvalue weighted by molar-refractivity contribution is -0.141. The summed E-state index contributed by atoms with van der Waals surface area (Å²) in [6.07, 6.45) is 4.16. The second-order valence-corrected chi connectivity index (χ2v) is 9.59. The van der Waals surface area contributed by atoms with Crippen LogP contribution in [0.15, 0.2) is 48.5 Å². The second kappa shape index (κ2) is 10.1. The van der Waals surface area contributed by atoms with Crippen LogP contribution in [-0.4, -0.2) is 29.9 Å². The molecule has 0 spiro atoms. The van der Waals surface area contributed by atoms with Gasteiger partial charge < -0.3 is 9.64 Å². The number of ether oxygens (including phenoxy) is 1. The summed E-state index contributed by atoms with van der Waals surface area (Å²) in [4.78, 5) is 28.2. The summed E-state index contributed by atoms with van der Waals surface area (Å²) in [5, 5.41) is 3.75. The van der Waals surface area contributed by atoms with Crippen molar-refractivity contribution in [1.82, 2.24) is 10.2 Å². The predicted molar refractivity (Wildman–Crippen MR) is 130 cm³/mol. The standard InChI is InChI=1S/C28H36N2O3/c1-5-20-12-6-7-13-21(20)24(17-26(31)33-4)29-27-22-14-8-9-15-23(22)28(32)30(27)25-16-10-11-18(2)19(25)3/h6-9,12-15,18-19,24-25,27,29H,5,10-11,16-17H2,1-4H3. The van der Waals surface area contributed by atoms with Crippen molar-refractivity contribution in [2.45, 2.75) is 71.1 Å². The maximum atomic E-state index is 13.7. The average molecular weight is 449 g/mol. The molecule has 2 aromatic carbocycles. The molecular weight excluding hydrogens is 412 g/mol. The van der Waals surface area contributed by atoms with Gasteiger partial charge in [-0.15, -0.1) is 0 Å². The van der Waals surface area contributed by atoms with Crippen LogP contribution in [0.25, 0.3) is 0 Å². The summed E-state index contributed by atoms with van der Waals surface area (Å²) in [5.41, 5.74) is 4.05. The maximum absolute atomic E-state index is 13.7. The molecule has 1 fully saturated rings. The summed E-state index contributed by atoms with van der Waals surface area (Å²) in [6, 6.07) is 16.1. The molecule has 4 rings (SSSR count). The summed E-state index contributed by atoms with van der Waals surface area (Å²) < 4.78 is 5.05. The van der Waals surface area contributed by atoms with Gasteiger partial charge in [0, 0.05) is 23.2 Å². The molecule has 5 unspecified atom stereocenters. The Kier molecular flexibility index (Phi) is 7.18. The number of amides is 1. The van der Waals surface area contributed by atoms with E-state index >= 15 is 0 Å². The number of esters is 1. The highest BCUT2D eigenvalue weighted by molar-refractivity contribution is 5.99. The Bertz CT molecular complexity index is 1000. The van der Waals surface area contributed by atoms with Gasteiger partial charge in [0.25, 0.3) is 5.91 Å². The van der Waals surface area contributed by atoms with Gasteiger partial charge in [0.05, 0.1) is 13.5 Å². The van der Waals surface area contributed by atoms with Crippen LogP contribution in [0, 0.1) is 11.8 Å². The van der Waals surface area contributed by atoms with E-state index in [1.54, 1.807) is 0 Å². The monoisotopic (exact) mass is 448 g/mol. The molecule has 176 valence electrons. The minimum atomic E-state index is -0.272. The topological polar surface area (TPSA) is 58.6 Å². The molecule has 0 aromatic heterocycles. The van der Waals surface area contributed by atoms with Gasteiger partial charge in [-0.3, -0.25) is 14.9 Å². The van der Waals surface area contributed by atoms with Gasteiger partial charge in [0.2, 0.25) is 0 Å². The Hall–Kier alpha value is -2.66. The van der Waals surface area contributed by atoms with E-state index in [4.69, 9.17) is 4.74 Å². The van der Waals surface area contributed by atoms with Crippen LogP contribution < -0.4 is 5.32 Å². The first kappa shape index (κ1) is 23.5. The first-order chi connectivity index (χ1) is 16.0. The normalized spacial score (nSPS) is 25.6. The van der Waals surface area contributed by atoms with E-state index in [2.05, 4.69) is 43.1 Å². The van der Waals surface area contributed by atoms with Crippen molar-refractivity contribution < 1.29 is 14.3 Å². The second-order valence-electron chi connectivity index (χ2n) is 9.59. The van der Waals surface area contributed by atoms with Crippen LogP contribution in [0.1, 0.15) is 85.7 Å². The van der Waals surface area contributed by atoms with Crippen LogP contribution >= 0.6 is 0 Å².